The second-order valence-electron chi connectivity index (χ2n) is 7.62. The molecule has 0 heterocycles. The molecule has 3 aromatic rings. The number of amides is 2. The molecule has 0 saturated carbocycles. The Morgan fingerprint density at radius 1 is 0.882 bits per heavy atom. The largest absolute Gasteiger partial charge is 0.494 e. The molecule has 3 N–H and O–H groups in total. The van der Waals surface area contributed by atoms with Crippen molar-refractivity contribution in [1.82, 2.24) is 5.01 Å². The van der Waals surface area contributed by atoms with Crippen LogP contribution >= 0.6 is 0 Å². The van der Waals surface area contributed by atoms with Crippen LogP contribution in [0.2, 0.25) is 0 Å². The van der Waals surface area contributed by atoms with Gasteiger partial charge < -0.3 is 20.5 Å². The summed E-state index contributed by atoms with van der Waals surface area (Å²) < 4.78 is 10.6. The number of nitrogens with two attached hydrogens (primary N) is 1. The van der Waals surface area contributed by atoms with Crippen molar-refractivity contribution in [2.24, 2.45) is 0 Å². The summed E-state index contributed by atoms with van der Waals surface area (Å²) in [6.45, 7) is 4.56. The summed E-state index contributed by atoms with van der Waals surface area (Å²) in [5.41, 5.74) is 9.99. The van der Waals surface area contributed by atoms with Gasteiger partial charge in [0.15, 0.2) is 0 Å². The van der Waals surface area contributed by atoms with Gasteiger partial charge in [-0.15, -0.1) is 0 Å². The predicted octanol–water partition coefficient (Wildman–Crippen LogP) is 5.03. The Hall–Kier alpha value is -4.04. The highest BCUT2D eigenvalue weighted by atomic mass is 16.6. The topological polar surface area (TPSA) is 97.1 Å². The van der Waals surface area contributed by atoms with Crippen LogP contribution in [-0.4, -0.2) is 44.3 Å². The zero-order chi connectivity index (χ0) is 24.7. The molecule has 34 heavy (non-hydrogen) atoms. The highest BCUT2D eigenvalue weighted by Crippen LogP contribution is 2.29. The number of ether oxygens (including phenoxy) is 2. The van der Waals surface area contributed by atoms with Crippen LogP contribution in [0.1, 0.15) is 24.2 Å². The zero-order valence-electron chi connectivity index (χ0n) is 19.9. The van der Waals surface area contributed by atoms with Gasteiger partial charge >= 0.3 is 6.09 Å². The van der Waals surface area contributed by atoms with Gasteiger partial charge in [-0.05, 0) is 73.5 Å². The number of carbonyl (C=O) groups is 2. The summed E-state index contributed by atoms with van der Waals surface area (Å²) in [7, 11) is 3.47. The van der Waals surface area contributed by atoms with Crippen molar-refractivity contribution >= 4 is 29.1 Å². The van der Waals surface area contributed by atoms with Gasteiger partial charge in [0.25, 0.3) is 5.91 Å². The lowest BCUT2D eigenvalue weighted by Crippen LogP contribution is -2.42. The van der Waals surface area contributed by atoms with Gasteiger partial charge in [-0.1, -0.05) is 18.2 Å². The number of nitrogens with one attached hydrogen (secondary N) is 1. The Labute approximate surface area is 199 Å². The lowest BCUT2D eigenvalue weighted by atomic mass is 10.0. The molecule has 3 rings (SSSR count). The maximum Gasteiger partial charge on any atom is 0.429 e. The Morgan fingerprint density at radius 3 is 2.12 bits per heavy atom. The third kappa shape index (κ3) is 5.85. The van der Waals surface area contributed by atoms with Crippen LogP contribution in [0.15, 0.2) is 66.7 Å². The molecule has 2 amide bonds. The molecule has 0 fully saturated rings. The Bertz CT molecular complexity index is 1130. The number of hydrogen-bond acceptors (Lipinski definition) is 6. The molecule has 0 aliphatic carbocycles. The number of hydrogen-bond donors (Lipinski definition) is 2. The maximum absolute atomic E-state index is 12.9. The second kappa shape index (κ2) is 11.2. The van der Waals surface area contributed by atoms with E-state index in [0.29, 0.717) is 29.2 Å². The fraction of sp³-hybridized carbons (Fsp3) is 0.231. The number of nitrogen functional groups attached to an aromatic ring is 1. The van der Waals surface area contributed by atoms with Gasteiger partial charge in [-0.2, -0.15) is 0 Å². The lowest BCUT2D eigenvalue weighted by Gasteiger charge is -2.27. The maximum atomic E-state index is 12.9. The van der Waals surface area contributed by atoms with Gasteiger partial charge in [-0.3, -0.25) is 4.79 Å². The number of rotatable bonds is 8. The SMILES string of the molecule is CCOC(=O)N(c1ccc(C(=O)Nc2cc(-c3ccc(OCC)cc3)ccc2N)cc1)N(C)C. The lowest BCUT2D eigenvalue weighted by molar-refractivity contribution is 0.102. The molecule has 0 unspecified atom stereocenters. The molecule has 0 saturated heterocycles. The van der Waals surface area contributed by atoms with Crippen molar-refractivity contribution in [2.45, 2.75) is 13.8 Å². The summed E-state index contributed by atoms with van der Waals surface area (Å²) in [6, 6.07) is 19.9. The first-order chi connectivity index (χ1) is 16.3. The van der Waals surface area contributed by atoms with Crippen molar-refractivity contribution in [2.75, 3.05) is 43.4 Å². The fourth-order valence-corrected chi connectivity index (χ4v) is 3.39. The first-order valence-electron chi connectivity index (χ1n) is 11.0. The van der Waals surface area contributed by atoms with Gasteiger partial charge in [0.1, 0.15) is 5.75 Å². The van der Waals surface area contributed by atoms with E-state index in [2.05, 4.69) is 5.32 Å². The Balaban J connectivity index is 1.77. The number of carbonyl (C=O) groups excluding carboxylic acids is 2. The molecule has 8 nitrogen and oxygen atoms in total. The Kier molecular flexibility index (Phi) is 8.10. The monoisotopic (exact) mass is 462 g/mol. The van der Waals surface area contributed by atoms with Gasteiger partial charge in [-0.25, -0.2) is 14.8 Å². The van der Waals surface area contributed by atoms with Crippen LogP contribution in [0.5, 0.6) is 5.75 Å². The zero-order valence-corrected chi connectivity index (χ0v) is 19.9. The fourth-order valence-electron chi connectivity index (χ4n) is 3.39. The summed E-state index contributed by atoms with van der Waals surface area (Å²) in [6.07, 6.45) is -0.497. The van der Waals surface area contributed by atoms with Crippen molar-refractivity contribution < 1.29 is 19.1 Å². The van der Waals surface area contributed by atoms with Crippen LogP contribution in [-0.2, 0) is 4.74 Å². The van der Waals surface area contributed by atoms with Crippen LogP contribution in [0.25, 0.3) is 11.1 Å². The van der Waals surface area contributed by atoms with Crippen LogP contribution in [0, 0.1) is 0 Å². The van der Waals surface area contributed by atoms with E-state index in [1.165, 1.54) is 5.01 Å². The molecular formula is C26H30N4O4. The van der Waals surface area contributed by atoms with Gasteiger partial charge in [0, 0.05) is 19.7 Å². The third-order valence-corrected chi connectivity index (χ3v) is 5.01. The van der Waals surface area contributed by atoms with E-state index in [-0.39, 0.29) is 12.5 Å². The number of nitrogens with zero attached hydrogens (tertiary/aromatic N) is 2. The van der Waals surface area contributed by atoms with Crippen LogP contribution in [0.3, 0.4) is 0 Å². The molecule has 0 aromatic heterocycles. The molecule has 0 radical (unpaired) electrons. The normalized spacial score (nSPS) is 10.6. The molecule has 8 heteroatoms. The van der Waals surface area contributed by atoms with E-state index in [0.717, 1.165) is 16.9 Å². The van der Waals surface area contributed by atoms with E-state index < -0.39 is 6.09 Å². The average molecular weight is 463 g/mol. The first kappa shape index (κ1) is 24.6. The molecule has 0 spiro atoms. The molecule has 0 bridgehead atoms. The standard InChI is InChI=1S/C26H30N4O4/c1-5-33-22-14-9-18(10-15-22)20-11-16-23(27)24(17-20)28-25(31)19-7-12-21(13-8-19)30(29(3)4)26(32)34-6-2/h7-17H,5-6,27H2,1-4H3,(H,28,31). The first-order valence-corrected chi connectivity index (χ1v) is 11.0. The van der Waals surface area contributed by atoms with Crippen LogP contribution < -0.4 is 20.8 Å². The minimum atomic E-state index is -0.497. The summed E-state index contributed by atoms with van der Waals surface area (Å²) in [5.74, 6) is 0.490. The Morgan fingerprint density at radius 2 is 1.53 bits per heavy atom. The van der Waals surface area contributed by atoms with E-state index >= 15 is 0 Å². The molecule has 3 aromatic carbocycles. The summed E-state index contributed by atoms with van der Waals surface area (Å²) in [4.78, 5) is 25.1. The van der Waals surface area contributed by atoms with E-state index in [1.807, 2.05) is 43.3 Å². The highest BCUT2D eigenvalue weighted by molar-refractivity contribution is 6.06. The molecular weight excluding hydrogens is 432 g/mol. The third-order valence-electron chi connectivity index (χ3n) is 5.01. The number of benzene rings is 3. The number of hydrazine groups is 1. The highest BCUT2D eigenvalue weighted by Gasteiger charge is 2.20. The van der Waals surface area contributed by atoms with Crippen molar-refractivity contribution in [1.29, 1.82) is 0 Å². The van der Waals surface area contributed by atoms with Crippen molar-refractivity contribution in [3.63, 3.8) is 0 Å². The minimum Gasteiger partial charge on any atom is -0.494 e. The van der Waals surface area contributed by atoms with Crippen molar-refractivity contribution in [3.8, 4) is 16.9 Å². The smallest absolute Gasteiger partial charge is 0.429 e. The second-order valence-corrected chi connectivity index (χ2v) is 7.62. The summed E-state index contributed by atoms with van der Waals surface area (Å²) >= 11 is 0. The van der Waals surface area contributed by atoms with Crippen molar-refractivity contribution in [3.05, 3.63) is 72.3 Å². The predicted molar refractivity (Wildman–Crippen MR) is 135 cm³/mol. The van der Waals surface area contributed by atoms with E-state index in [4.69, 9.17) is 15.2 Å². The molecule has 178 valence electrons. The van der Waals surface area contributed by atoms with Crippen LogP contribution in [0.4, 0.5) is 21.9 Å². The summed E-state index contributed by atoms with van der Waals surface area (Å²) in [5, 5.41) is 5.87. The average Bonchev–Trinajstić information content (AvgIpc) is 2.82. The minimum absolute atomic E-state index is 0.265. The molecule has 0 aliphatic rings. The van der Waals surface area contributed by atoms with Gasteiger partial charge in [0.2, 0.25) is 0 Å². The number of anilines is 3. The quantitative estimate of drug-likeness (QED) is 0.360. The molecule has 0 aliphatic heterocycles. The molecule has 0 atom stereocenters. The van der Waals surface area contributed by atoms with E-state index in [9.17, 15) is 9.59 Å². The van der Waals surface area contributed by atoms with E-state index in [1.54, 1.807) is 56.4 Å². The van der Waals surface area contributed by atoms with Gasteiger partial charge in [0.05, 0.1) is 30.3 Å².